The Balaban J connectivity index is 1.39. The number of pyridine rings is 1. The number of aromatic nitrogens is 4. The van der Waals surface area contributed by atoms with E-state index in [9.17, 15) is 9.90 Å². The van der Waals surface area contributed by atoms with Crippen LogP contribution in [0, 0.1) is 13.8 Å². The zero-order valence-corrected chi connectivity index (χ0v) is 17.5. The lowest BCUT2D eigenvalue weighted by atomic mass is 9.92. The Hall–Kier alpha value is -3.33. The van der Waals surface area contributed by atoms with E-state index in [1.54, 1.807) is 18.3 Å². The molecule has 1 fully saturated rings. The van der Waals surface area contributed by atoms with Crippen molar-refractivity contribution in [2.75, 3.05) is 0 Å². The Morgan fingerprint density at radius 1 is 1.19 bits per heavy atom. The maximum atomic E-state index is 12.4. The highest BCUT2D eigenvalue weighted by atomic mass is 16.5. The van der Waals surface area contributed by atoms with E-state index in [0.29, 0.717) is 17.9 Å². The van der Waals surface area contributed by atoms with Crippen molar-refractivity contribution in [3.05, 3.63) is 53.2 Å². The van der Waals surface area contributed by atoms with Crippen LogP contribution in [0.25, 0.3) is 11.3 Å². The van der Waals surface area contributed by atoms with Crippen molar-refractivity contribution >= 4 is 5.91 Å². The van der Waals surface area contributed by atoms with E-state index in [2.05, 4.69) is 25.7 Å². The van der Waals surface area contributed by atoms with Gasteiger partial charge in [-0.3, -0.25) is 9.78 Å². The van der Waals surface area contributed by atoms with Crippen LogP contribution in [0.5, 0.6) is 5.88 Å². The average Bonchev–Trinajstić information content (AvgIpc) is 3.15. The third kappa shape index (κ3) is 4.88. The molecule has 0 aromatic carbocycles. The number of hydrogen-bond donors (Lipinski definition) is 2. The Morgan fingerprint density at radius 2 is 2.03 bits per heavy atom. The number of carbonyl (C=O) groups excluding carboxylic acids is 1. The Labute approximate surface area is 179 Å². The Morgan fingerprint density at radius 3 is 2.74 bits per heavy atom. The van der Waals surface area contributed by atoms with E-state index < -0.39 is 6.10 Å². The molecular weight excluding hydrogens is 398 g/mol. The van der Waals surface area contributed by atoms with Crippen LogP contribution >= 0.6 is 0 Å². The fourth-order valence-electron chi connectivity index (χ4n) is 3.58. The normalized spacial score (nSPS) is 18.5. The molecule has 0 aliphatic heterocycles. The third-order valence-corrected chi connectivity index (χ3v) is 5.45. The van der Waals surface area contributed by atoms with Crippen LogP contribution in [-0.4, -0.2) is 43.5 Å². The lowest BCUT2D eigenvalue weighted by Crippen LogP contribution is -2.45. The molecule has 0 bridgehead atoms. The zero-order valence-electron chi connectivity index (χ0n) is 17.5. The molecule has 1 aliphatic rings. The summed E-state index contributed by atoms with van der Waals surface area (Å²) < 4.78 is 11.1. The minimum atomic E-state index is -0.516. The Bertz CT molecular complexity index is 1030. The van der Waals surface area contributed by atoms with E-state index in [4.69, 9.17) is 9.26 Å². The van der Waals surface area contributed by atoms with E-state index in [0.717, 1.165) is 36.1 Å². The number of aliphatic hydroxyl groups is 1. The SMILES string of the molecule is Cc1ccc(-c2noc(C)c2COc2ccc(C(=O)NC3CCCCC3O)nn2)cn1. The van der Waals surface area contributed by atoms with Gasteiger partial charge in [0.25, 0.3) is 5.91 Å². The Kier molecular flexibility index (Phi) is 6.22. The molecule has 162 valence electrons. The molecule has 1 saturated carbocycles. The minimum absolute atomic E-state index is 0.178. The quantitative estimate of drug-likeness (QED) is 0.620. The average molecular weight is 423 g/mol. The van der Waals surface area contributed by atoms with Gasteiger partial charge in [0.1, 0.15) is 18.1 Å². The van der Waals surface area contributed by atoms with E-state index in [1.165, 1.54) is 0 Å². The molecule has 0 spiro atoms. The molecule has 0 saturated heterocycles. The number of carbonyl (C=O) groups is 1. The molecule has 1 aliphatic carbocycles. The smallest absolute Gasteiger partial charge is 0.272 e. The molecule has 2 atom stereocenters. The van der Waals surface area contributed by atoms with Crippen LogP contribution in [0.15, 0.2) is 35.0 Å². The second kappa shape index (κ2) is 9.22. The van der Waals surface area contributed by atoms with Crippen molar-refractivity contribution < 1.29 is 19.2 Å². The van der Waals surface area contributed by atoms with Gasteiger partial charge in [0, 0.05) is 23.5 Å². The number of amides is 1. The molecule has 0 radical (unpaired) electrons. The number of rotatable bonds is 6. The topological polar surface area (TPSA) is 123 Å². The first-order chi connectivity index (χ1) is 15.0. The monoisotopic (exact) mass is 423 g/mol. The van der Waals surface area contributed by atoms with Crippen molar-refractivity contribution in [2.45, 2.75) is 58.3 Å². The van der Waals surface area contributed by atoms with Gasteiger partial charge >= 0.3 is 0 Å². The summed E-state index contributed by atoms with van der Waals surface area (Å²) in [5.41, 5.74) is 3.39. The summed E-state index contributed by atoms with van der Waals surface area (Å²) >= 11 is 0. The number of aliphatic hydroxyl groups excluding tert-OH is 1. The second-order valence-corrected chi connectivity index (χ2v) is 7.73. The van der Waals surface area contributed by atoms with Gasteiger partial charge in [-0.1, -0.05) is 18.0 Å². The maximum Gasteiger partial charge on any atom is 0.272 e. The highest BCUT2D eigenvalue weighted by Crippen LogP contribution is 2.26. The summed E-state index contributed by atoms with van der Waals surface area (Å²) in [5, 5.41) is 24.9. The number of aryl methyl sites for hydroxylation is 2. The van der Waals surface area contributed by atoms with Crippen LogP contribution in [0.4, 0.5) is 0 Å². The molecule has 3 heterocycles. The predicted octanol–water partition coefficient (Wildman–Crippen LogP) is 2.76. The summed E-state index contributed by atoms with van der Waals surface area (Å²) in [6, 6.07) is 6.74. The first kappa shape index (κ1) is 20.9. The fraction of sp³-hybridized carbons (Fsp3) is 0.409. The minimum Gasteiger partial charge on any atom is -0.472 e. The summed E-state index contributed by atoms with van der Waals surface area (Å²) in [6.45, 7) is 3.92. The largest absolute Gasteiger partial charge is 0.472 e. The van der Waals surface area contributed by atoms with Gasteiger partial charge in [-0.25, -0.2) is 0 Å². The highest BCUT2D eigenvalue weighted by molar-refractivity contribution is 5.92. The number of nitrogens with one attached hydrogen (secondary N) is 1. The van der Waals surface area contributed by atoms with Crippen molar-refractivity contribution in [1.82, 2.24) is 25.7 Å². The van der Waals surface area contributed by atoms with Gasteiger partial charge in [-0.05, 0) is 44.9 Å². The summed E-state index contributed by atoms with van der Waals surface area (Å²) in [6.07, 6.45) is 4.66. The highest BCUT2D eigenvalue weighted by Gasteiger charge is 2.25. The molecule has 31 heavy (non-hydrogen) atoms. The van der Waals surface area contributed by atoms with E-state index >= 15 is 0 Å². The molecule has 9 nitrogen and oxygen atoms in total. The number of hydrogen-bond acceptors (Lipinski definition) is 8. The van der Waals surface area contributed by atoms with Crippen molar-refractivity contribution in [2.24, 2.45) is 0 Å². The second-order valence-electron chi connectivity index (χ2n) is 7.73. The van der Waals surface area contributed by atoms with Gasteiger partial charge in [0.05, 0.1) is 17.7 Å². The van der Waals surface area contributed by atoms with Crippen LogP contribution in [0.1, 0.15) is 53.2 Å². The van der Waals surface area contributed by atoms with Crippen molar-refractivity contribution in [3.63, 3.8) is 0 Å². The van der Waals surface area contributed by atoms with Crippen LogP contribution in [0.3, 0.4) is 0 Å². The van der Waals surface area contributed by atoms with Crippen LogP contribution < -0.4 is 10.1 Å². The number of ether oxygens (including phenoxy) is 1. The van der Waals surface area contributed by atoms with Gasteiger partial charge in [0.2, 0.25) is 5.88 Å². The molecule has 1 amide bonds. The van der Waals surface area contributed by atoms with Gasteiger partial charge in [-0.2, -0.15) is 0 Å². The molecule has 3 aromatic rings. The predicted molar refractivity (Wildman–Crippen MR) is 111 cm³/mol. The van der Waals surface area contributed by atoms with Crippen LogP contribution in [-0.2, 0) is 6.61 Å². The lowest BCUT2D eigenvalue weighted by molar-refractivity contribution is 0.0713. The molecular formula is C22H25N5O4. The molecule has 4 rings (SSSR count). The van der Waals surface area contributed by atoms with Gasteiger partial charge in [0.15, 0.2) is 5.69 Å². The fourth-order valence-corrected chi connectivity index (χ4v) is 3.58. The van der Waals surface area contributed by atoms with Crippen molar-refractivity contribution in [1.29, 1.82) is 0 Å². The first-order valence-corrected chi connectivity index (χ1v) is 10.3. The summed E-state index contributed by atoms with van der Waals surface area (Å²) in [5.74, 6) is 0.572. The van der Waals surface area contributed by atoms with E-state index in [1.807, 2.05) is 26.0 Å². The molecule has 3 aromatic heterocycles. The zero-order chi connectivity index (χ0) is 21.8. The molecule has 9 heteroatoms. The summed E-state index contributed by atoms with van der Waals surface area (Å²) in [4.78, 5) is 16.7. The maximum absolute atomic E-state index is 12.4. The first-order valence-electron chi connectivity index (χ1n) is 10.3. The standard InChI is InChI=1S/C22H25N5O4/c1-13-7-8-15(11-23-13)21-16(14(2)31-27-21)12-30-20-10-9-18(25-26-20)22(29)24-17-5-3-4-6-19(17)28/h7-11,17,19,28H,3-6,12H2,1-2H3,(H,24,29). The summed E-state index contributed by atoms with van der Waals surface area (Å²) in [7, 11) is 0. The van der Waals surface area contributed by atoms with Crippen molar-refractivity contribution in [3.8, 4) is 17.1 Å². The van der Waals surface area contributed by atoms with Gasteiger partial charge < -0.3 is 19.7 Å². The van der Waals surface area contributed by atoms with Gasteiger partial charge in [-0.15, -0.1) is 10.2 Å². The van der Waals surface area contributed by atoms with Crippen LogP contribution in [0.2, 0.25) is 0 Å². The molecule has 2 unspecified atom stereocenters. The molecule has 2 N–H and O–H groups in total. The lowest BCUT2D eigenvalue weighted by Gasteiger charge is -2.28. The van der Waals surface area contributed by atoms with E-state index in [-0.39, 0.29) is 30.1 Å². The number of nitrogens with zero attached hydrogens (tertiary/aromatic N) is 4. The third-order valence-electron chi connectivity index (χ3n) is 5.45.